The lowest BCUT2D eigenvalue weighted by molar-refractivity contribution is -0.104. The number of carbonyl (C=O) groups excluding carboxylic acids is 1. The van der Waals surface area contributed by atoms with Crippen LogP contribution in [-0.2, 0) is 4.79 Å². The standard InChI is InChI=1S/C9H5ClF2O/c10-8-7(11)4-3-6(9(8)12)2-1-5-13/h1-5H/b2-1+. The van der Waals surface area contributed by atoms with Crippen molar-refractivity contribution in [2.24, 2.45) is 0 Å². The zero-order valence-electron chi connectivity index (χ0n) is 6.43. The molecule has 0 fully saturated rings. The second-order valence-corrected chi connectivity index (χ2v) is 2.64. The van der Waals surface area contributed by atoms with Crippen LogP contribution in [0.25, 0.3) is 6.08 Å². The molecule has 13 heavy (non-hydrogen) atoms. The summed E-state index contributed by atoms with van der Waals surface area (Å²) in [6, 6.07) is 2.24. The molecule has 0 saturated carbocycles. The summed E-state index contributed by atoms with van der Waals surface area (Å²) < 4.78 is 25.7. The van der Waals surface area contributed by atoms with Crippen LogP contribution in [0.2, 0.25) is 5.02 Å². The van der Waals surface area contributed by atoms with Gasteiger partial charge in [0.25, 0.3) is 0 Å². The SMILES string of the molecule is O=C/C=C/c1ccc(F)c(Cl)c1F. The van der Waals surface area contributed by atoms with Crippen LogP contribution in [0.3, 0.4) is 0 Å². The van der Waals surface area contributed by atoms with Crippen LogP contribution < -0.4 is 0 Å². The molecule has 1 nitrogen and oxygen atoms in total. The van der Waals surface area contributed by atoms with Crippen molar-refractivity contribution < 1.29 is 13.6 Å². The van der Waals surface area contributed by atoms with Gasteiger partial charge >= 0.3 is 0 Å². The molecule has 0 N–H and O–H groups in total. The Hall–Kier alpha value is -1.22. The molecule has 1 aromatic rings. The van der Waals surface area contributed by atoms with E-state index in [-0.39, 0.29) is 5.56 Å². The van der Waals surface area contributed by atoms with Gasteiger partial charge < -0.3 is 0 Å². The first-order chi connectivity index (χ1) is 6.16. The number of hydrogen-bond acceptors (Lipinski definition) is 1. The van der Waals surface area contributed by atoms with Crippen molar-refractivity contribution in [3.05, 3.63) is 40.4 Å². The topological polar surface area (TPSA) is 17.1 Å². The summed E-state index contributed by atoms with van der Waals surface area (Å²) in [4.78, 5) is 9.93. The van der Waals surface area contributed by atoms with Crippen LogP contribution in [0.5, 0.6) is 0 Å². The monoisotopic (exact) mass is 202 g/mol. The van der Waals surface area contributed by atoms with Gasteiger partial charge in [0.15, 0.2) is 5.82 Å². The van der Waals surface area contributed by atoms with E-state index in [0.717, 1.165) is 12.1 Å². The molecule has 0 heterocycles. The fourth-order valence-corrected chi connectivity index (χ4v) is 0.985. The second-order valence-electron chi connectivity index (χ2n) is 2.26. The number of benzene rings is 1. The Morgan fingerprint density at radius 2 is 2.00 bits per heavy atom. The van der Waals surface area contributed by atoms with Gasteiger partial charge in [0.2, 0.25) is 0 Å². The first kappa shape index (κ1) is 9.86. The van der Waals surface area contributed by atoms with Crippen molar-refractivity contribution in [3.8, 4) is 0 Å². The Morgan fingerprint density at radius 1 is 1.31 bits per heavy atom. The van der Waals surface area contributed by atoms with Crippen molar-refractivity contribution in [1.29, 1.82) is 0 Å². The number of halogens is 3. The van der Waals surface area contributed by atoms with E-state index in [9.17, 15) is 13.6 Å². The van der Waals surface area contributed by atoms with Crippen molar-refractivity contribution in [1.82, 2.24) is 0 Å². The van der Waals surface area contributed by atoms with E-state index in [2.05, 4.69) is 0 Å². The van der Waals surface area contributed by atoms with Gasteiger partial charge in [-0.3, -0.25) is 4.79 Å². The number of carbonyl (C=O) groups is 1. The minimum absolute atomic E-state index is 0.0819. The maximum Gasteiger partial charge on any atom is 0.151 e. The molecule has 0 aliphatic rings. The first-order valence-corrected chi connectivity index (χ1v) is 3.80. The van der Waals surface area contributed by atoms with Gasteiger partial charge in [0.05, 0.1) is 0 Å². The summed E-state index contributed by atoms with van der Waals surface area (Å²) in [7, 11) is 0. The van der Waals surface area contributed by atoms with Gasteiger partial charge in [-0.15, -0.1) is 0 Å². The zero-order valence-corrected chi connectivity index (χ0v) is 7.18. The molecule has 1 rings (SSSR count). The molecule has 1 aromatic carbocycles. The number of rotatable bonds is 2. The molecule has 0 atom stereocenters. The Kier molecular flexibility index (Phi) is 3.14. The summed E-state index contributed by atoms with van der Waals surface area (Å²) >= 11 is 5.29. The molecule has 0 saturated heterocycles. The van der Waals surface area contributed by atoms with E-state index in [0.29, 0.717) is 6.29 Å². The third kappa shape index (κ3) is 2.12. The van der Waals surface area contributed by atoms with E-state index in [1.807, 2.05) is 0 Å². The maximum absolute atomic E-state index is 13.0. The van der Waals surface area contributed by atoms with Gasteiger partial charge in [-0.25, -0.2) is 8.78 Å². The van der Waals surface area contributed by atoms with E-state index in [1.54, 1.807) is 0 Å². The molecule has 0 radical (unpaired) electrons. The normalized spacial score (nSPS) is 10.7. The van der Waals surface area contributed by atoms with Crippen LogP contribution in [-0.4, -0.2) is 6.29 Å². The molecular weight excluding hydrogens is 198 g/mol. The van der Waals surface area contributed by atoms with E-state index < -0.39 is 16.7 Å². The molecule has 0 amide bonds. The first-order valence-electron chi connectivity index (χ1n) is 3.42. The van der Waals surface area contributed by atoms with Crippen LogP contribution >= 0.6 is 11.6 Å². The molecule has 0 aliphatic carbocycles. The minimum atomic E-state index is -0.861. The maximum atomic E-state index is 13.0. The highest BCUT2D eigenvalue weighted by atomic mass is 35.5. The Bertz CT molecular complexity index is 361. The highest BCUT2D eigenvalue weighted by molar-refractivity contribution is 6.31. The molecule has 0 spiro atoms. The summed E-state index contributed by atoms with van der Waals surface area (Å²) in [6.45, 7) is 0. The average molecular weight is 203 g/mol. The minimum Gasteiger partial charge on any atom is -0.299 e. The second kappa shape index (κ2) is 4.14. The summed E-state index contributed by atoms with van der Waals surface area (Å²) in [5, 5.41) is -0.562. The lowest BCUT2D eigenvalue weighted by atomic mass is 10.2. The van der Waals surface area contributed by atoms with Crippen molar-refractivity contribution >= 4 is 24.0 Å². The predicted octanol–water partition coefficient (Wildman–Crippen LogP) is 2.83. The largest absolute Gasteiger partial charge is 0.299 e. The summed E-state index contributed by atoms with van der Waals surface area (Å²) in [5.74, 6) is -1.68. The number of aldehydes is 1. The quantitative estimate of drug-likeness (QED) is 0.410. The third-order valence-corrected chi connectivity index (χ3v) is 1.77. The van der Waals surface area contributed by atoms with Gasteiger partial charge in [0.1, 0.15) is 17.1 Å². The molecule has 0 aromatic heterocycles. The summed E-state index contributed by atoms with van der Waals surface area (Å²) in [6.07, 6.45) is 2.82. The molecule has 68 valence electrons. The van der Waals surface area contributed by atoms with Crippen LogP contribution in [0.4, 0.5) is 8.78 Å². The fourth-order valence-electron chi connectivity index (χ4n) is 0.813. The highest BCUT2D eigenvalue weighted by Gasteiger charge is 2.08. The van der Waals surface area contributed by atoms with Gasteiger partial charge in [-0.2, -0.15) is 0 Å². The molecular formula is C9H5ClF2O. The summed E-state index contributed by atoms with van der Waals surface area (Å²) in [5.41, 5.74) is 0.0819. The van der Waals surface area contributed by atoms with Crippen LogP contribution in [0.15, 0.2) is 18.2 Å². The Labute approximate surface area is 78.6 Å². The Morgan fingerprint density at radius 3 is 2.62 bits per heavy atom. The third-order valence-electron chi connectivity index (χ3n) is 1.42. The zero-order chi connectivity index (χ0) is 9.84. The van der Waals surface area contributed by atoms with Crippen LogP contribution in [0, 0.1) is 11.6 Å². The molecule has 0 aliphatic heterocycles. The Balaban J connectivity index is 3.17. The van der Waals surface area contributed by atoms with Crippen molar-refractivity contribution in [3.63, 3.8) is 0 Å². The lowest BCUT2D eigenvalue weighted by Crippen LogP contribution is -1.87. The number of allylic oxidation sites excluding steroid dienone is 1. The molecule has 0 unspecified atom stereocenters. The smallest absolute Gasteiger partial charge is 0.151 e. The van der Waals surface area contributed by atoms with E-state index >= 15 is 0 Å². The lowest BCUT2D eigenvalue weighted by Gasteiger charge is -1.99. The molecule has 0 bridgehead atoms. The fraction of sp³-hybridized carbons (Fsp3) is 0. The van der Waals surface area contributed by atoms with Gasteiger partial charge in [-0.1, -0.05) is 11.6 Å². The van der Waals surface area contributed by atoms with Gasteiger partial charge in [-0.05, 0) is 24.3 Å². The van der Waals surface area contributed by atoms with Crippen LogP contribution in [0.1, 0.15) is 5.56 Å². The van der Waals surface area contributed by atoms with Gasteiger partial charge in [0, 0.05) is 5.56 Å². The predicted molar refractivity (Wildman–Crippen MR) is 46.5 cm³/mol. The van der Waals surface area contributed by atoms with E-state index in [1.165, 1.54) is 12.1 Å². The average Bonchev–Trinajstić information content (AvgIpc) is 2.13. The van der Waals surface area contributed by atoms with Crippen molar-refractivity contribution in [2.45, 2.75) is 0 Å². The highest BCUT2D eigenvalue weighted by Crippen LogP contribution is 2.22. The van der Waals surface area contributed by atoms with E-state index in [4.69, 9.17) is 11.6 Å². The van der Waals surface area contributed by atoms with Crippen molar-refractivity contribution in [2.75, 3.05) is 0 Å². The number of hydrogen-bond donors (Lipinski definition) is 0. The molecule has 4 heteroatoms.